The third-order valence-corrected chi connectivity index (χ3v) is 12.6. The number of anilines is 1. The third-order valence-electron chi connectivity index (χ3n) is 12.6. The number of methoxy groups -OCH3 is 1. The minimum Gasteiger partial charge on any atom is -0.480 e. The molecule has 3 saturated heterocycles. The van der Waals surface area contributed by atoms with Crippen LogP contribution in [0.15, 0.2) is 36.4 Å². The molecule has 10 nitrogen and oxygen atoms in total. The molecule has 2 aliphatic carbocycles. The number of fused-ring (bicyclic) bond motifs is 3. The summed E-state index contributed by atoms with van der Waals surface area (Å²) in [4.78, 5) is 18.9. The predicted molar refractivity (Wildman–Crippen MR) is 188 cm³/mol. The summed E-state index contributed by atoms with van der Waals surface area (Å²) in [6, 6.07) is 11.0. The number of nitrogens with zero attached hydrogens (tertiary/aromatic N) is 5. The number of piperidine rings is 1. The van der Waals surface area contributed by atoms with Crippen LogP contribution in [0.1, 0.15) is 51.4 Å². The summed E-state index contributed by atoms with van der Waals surface area (Å²) in [7, 11) is 1.46. The maximum Gasteiger partial charge on any atom is 0.319 e. The predicted octanol–water partition coefficient (Wildman–Crippen LogP) is 5.91. The molecule has 5 unspecified atom stereocenters. The second-order valence-corrected chi connectivity index (χ2v) is 15.3. The van der Waals surface area contributed by atoms with Gasteiger partial charge in [0.2, 0.25) is 5.88 Å². The van der Waals surface area contributed by atoms with E-state index in [1.54, 1.807) is 30.3 Å². The molecule has 2 aromatic carbocycles. The zero-order valence-corrected chi connectivity index (χ0v) is 29.1. The monoisotopic (exact) mass is 701 g/mol. The van der Waals surface area contributed by atoms with E-state index in [2.05, 4.69) is 9.88 Å². The maximum atomic E-state index is 17.1. The van der Waals surface area contributed by atoms with Gasteiger partial charge in [-0.1, -0.05) is 36.8 Å². The zero-order chi connectivity index (χ0) is 34.7. The minimum absolute atomic E-state index is 0.0340. The number of hydrogen-bond acceptors (Lipinski definition) is 10. The van der Waals surface area contributed by atoms with E-state index in [0.717, 1.165) is 58.3 Å². The molecule has 51 heavy (non-hydrogen) atoms. The molecule has 1 N–H and O–H groups in total. The molecule has 5 aliphatic rings. The summed E-state index contributed by atoms with van der Waals surface area (Å²) in [6.07, 6.45) is 8.31. The Bertz CT molecular complexity index is 1950. The number of benzene rings is 2. The Morgan fingerprint density at radius 1 is 0.922 bits per heavy atom. The quantitative estimate of drug-likeness (QED) is 0.250. The number of aromatic nitrogens is 3. The van der Waals surface area contributed by atoms with E-state index in [-0.39, 0.29) is 52.4 Å². The van der Waals surface area contributed by atoms with Crippen LogP contribution in [-0.4, -0.2) is 103 Å². The van der Waals surface area contributed by atoms with Crippen LogP contribution in [-0.2, 0) is 9.47 Å². The van der Waals surface area contributed by atoms with Gasteiger partial charge in [-0.25, -0.2) is 13.8 Å². The van der Waals surface area contributed by atoms with Crippen molar-refractivity contribution in [3.8, 4) is 23.1 Å². The fourth-order valence-electron chi connectivity index (χ4n) is 10.0. The number of ether oxygens (including phenoxy) is 4. The van der Waals surface area contributed by atoms with Crippen molar-refractivity contribution in [1.29, 1.82) is 0 Å². The summed E-state index contributed by atoms with van der Waals surface area (Å²) in [6.45, 7) is 4.39. The summed E-state index contributed by atoms with van der Waals surface area (Å²) in [5, 5.41) is 11.8. The first-order valence-electron chi connectivity index (χ1n) is 18.5. The number of aliphatic hydroxyl groups excluding tert-OH is 1. The van der Waals surface area contributed by atoms with Gasteiger partial charge in [-0.2, -0.15) is 9.97 Å². The average molecular weight is 702 g/mol. The van der Waals surface area contributed by atoms with E-state index in [9.17, 15) is 5.11 Å². The molecule has 2 saturated carbocycles. The number of halogens is 2. The van der Waals surface area contributed by atoms with Crippen molar-refractivity contribution in [3.05, 3.63) is 48.0 Å². The van der Waals surface area contributed by atoms with Crippen molar-refractivity contribution in [2.45, 2.75) is 69.6 Å². The molecular formula is C39H45F2N5O5. The minimum atomic E-state index is -0.782. The molecule has 2 aromatic heterocycles. The topological polar surface area (TPSA) is 102 Å². The average Bonchev–Trinajstić information content (AvgIpc) is 3.77. The Balaban J connectivity index is 1.13. The standard InChI is InChI=1S/C39H45F2N5O5/c1-48-36-31-34(32(41)33(42-36)26-8-2-6-24-7-3-9-27(40)30(24)26)43-37(44-35(31)45-17-19-49-21-25(47)20-45)51-23-38-12-4-10-28(38)46(16-5-13-38)29-11-14-39(29)15-18-50-22-39/h2-3,6-9,25,28-29,47H,4-5,10-23H2,1H3. The molecule has 5 atom stereocenters. The molecule has 270 valence electrons. The van der Waals surface area contributed by atoms with Gasteiger partial charge in [0, 0.05) is 53.6 Å². The van der Waals surface area contributed by atoms with Crippen LogP contribution in [0.3, 0.4) is 0 Å². The van der Waals surface area contributed by atoms with Crippen molar-refractivity contribution >= 4 is 27.5 Å². The molecule has 1 spiro atoms. The number of hydrogen-bond donors (Lipinski definition) is 1. The highest BCUT2D eigenvalue weighted by Crippen LogP contribution is 2.56. The number of aliphatic hydroxyl groups is 1. The maximum absolute atomic E-state index is 17.1. The molecule has 9 rings (SSSR count). The normalized spacial score (nSPS) is 29.7. The molecule has 4 aromatic rings. The summed E-state index contributed by atoms with van der Waals surface area (Å²) in [5.41, 5.74) is 0.418. The fraction of sp³-hybridized carbons (Fsp3) is 0.564. The van der Waals surface area contributed by atoms with Gasteiger partial charge in [0.05, 0.1) is 39.6 Å². The van der Waals surface area contributed by atoms with Crippen LogP contribution in [0.25, 0.3) is 32.9 Å². The van der Waals surface area contributed by atoms with Gasteiger partial charge in [-0.05, 0) is 62.9 Å². The van der Waals surface area contributed by atoms with Gasteiger partial charge in [-0.15, -0.1) is 0 Å². The first-order chi connectivity index (χ1) is 24.9. The van der Waals surface area contributed by atoms with E-state index in [1.807, 2.05) is 4.90 Å². The summed E-state index contributed by atoms with van der Waals surface area (Å²) < 4.78 is 56.3. The Morgan fingerprint density at radius 2 is 1.78 bits per heavy atom. The molecule has 3 aliphatic heterocycles. The Morgan fingerprint density at radius 3 is 2.59 bits per heavy atom. The van der Waals surface area contributed by atoms with E-state index < -0.39 is 17.7 Å². The van der Waals surface area contributed by atoms with Gasteiger partial charge in [-0.3, -0.25) is 4.90 Å². The summed E-state index contributed by atoms with van der Waals surface area (Å²) >= 11 is 0. The van der Waals surface area contributed by atoms with E-state index in [4.69, 9.17) is 28.9 Å². The van der Waals surface area contributed by atoms with Crippen LogP contribution < -0.4 is 14.4 Å². The first kappa shape index (κ1) is 33.1. The Labute approximate surface area is 296 Å². The fourth-order valence-corrected chi connectivity index (χ4v) is 10.0. The highest BCUT2D eigenvalue weighted by molar-refractivity contribution is 6.01. The third kappa shape index (κ3) is 5.52. The van der Waals surface area contributed by atoms with Crippen molar-refractivity contribution < 1.29 is 32.8 Å². The lowest BCUT2D eigenvalue weighted by molar-refractivity contribution is -0.101. The first-order valence-corrected chi connectivity index (χ1v) is 18.5. The van der Waals surface area contributed by atoms with Gasteiger partial charge in [0.15, 0.2) is 5.82 Å². The molecule has 0 amide bonds. The van der Waals surface area contributed by atoms with Crippen LogP contribution in [0.4, 0.5) is 14.6 Å². The molecule has 5 heterocycles. The van der Waals surface area contributed by atoms with Crippen LogP contribution in [0.5, 0.6) is 11.9 Å². The lowest BCUT2D eigenvalue weighted by Crippen LogP contribution is -2.63. The highest BCUT2D eigenvalue weighted by atomic mass is 19.1. The van der Waals surface area contributed by atoms with Crippen LogP contribution in [0.2, 0.25) is 0 Å². The van der Waals surface area contributed by atoms with Crippen molar-refractivity contribution in [2.24, 2.45) is 10.8 Å². The Hall–Kier alpha value is -3.71. The van der Waals surface area contributed by atoms with Crippen molar-refractivity contribution in [2.75, 3.05) is 64.7 Å². The molecular weight excluding hydrogens is 656 g/mol. The number of pyridine rings is 1. The lowest BCUT2D eigenvalue weighted by Gasteiger charge is -2.58. The second kappa shape index (κ2) is 13.1. The SMILES string of the molecule is COc1nc(-c2cccc3cccc(F)c23)c(F)c2nc(OCC34CCCC3N(C3CCC35CCOC5)CCC4)nc(N3CCOCC(O)C3)c12. The van der Waals surface area contributed by atoms with Crippen LogP contribution in [0, 0.1) is 22.5 Å². The van der Waals surface area contributed by atoms with Crippen molar-refractivity contribution in [1.82, 2.24) is 19.9 Å². The van der Waals surface area contributed by atoms with Crippen molar-refractivity contribution in [3.63, 3.8) is 0 Å². The lowest BCUT2D eigenvalue weighted by atomic mass is 9.61. The number of likely N-dealkylation sites (tertiary alicyclic amines) is 1. The molecule has 12 heteroatoms. The summed E-state index contributed by atoms with van der Waals surface area (Å²) in [5.74, 6) is -0.758. The molecule has 5 fully saturated rings. The Kier molecular flexibility index (Phi) is 8.48. The largest absolute Gasteiger partial charge is 0.480 e. The molecule has 0 radical (unpaired) electrons. The molecule has 0 bridgehead atoms. The van der Waals surface area contributed by atoms with Gasteiger partial charge in [0.1, 0.15) is 28.2 Å². The van der Waals surface area contributed by atoms with Gasteiger partial charge in [0.25, 0.3) is 0 Å². The zero-order valence-electron chi connectivity index (χ0n) is 29.1. The van der Waals surface area contributed by atoms with Gasteiger partial charge < -0.3 is 29.0 Å². The van der Waals surface area contributed by atoms with E-state index in [0.29, 0.717) is 54.0 Å². The van der Waals surface area contributed by atoms with Crippen LogP contribution >= 0.6 is 0 Å². The van der Waals surface area contributed by atoms with E-state index >= 15 is 8.78 Å². The second-order valence-electron chi connectivity index (χ2n) is 15.3. The number of β-amino-alcohol motifs (C(OH)–C–C–N with tert-alkyl or cyclic N) is 1. The van der Waals surface area contributed by atoms with E-state index in [1.165, 1.54) is 26.0 Å². The number of rotatable bonds is 7. The highest BCUT2D eigenvalue weighted by Gasteiger charge is 2.57. The smallest absolute Gasteiger partial charge is 0.319 e. The van der Waals surface area contributed by atoms with Gasteiger partial charge >= 0.3 is 6.01 Å².